The predicted octanol–water partition coefficient (Wildman–Crippen LogP) is 1.95. The molecule has 1 aliphatic carbocycles. The zero-order valence-electron chi connectivity index (χ0n) is 11.5. The number of nitriles is 1. The van der Waals surface area contributed by atoms with Gasteiger partial charge in [0, 0.05) is 6.04 Å². The molecule has 4 nitrogen and oxygen atoms in total. The Hall–Kier alpha value is -1.08. The number of amides is 1. The summed E-state index contributed by atoms with van der Waals surface area (Å²) in [5.74, 6) is -0.188. The largest absolute Gasteiger partial charge is 0.369 e. The van der Waals surface area contributed by atoms with Gasteiger partial charge in [0.05, 0.1) is 17.4 Å². The van der Waals surface area contributed by atoms with E-state index >= 15 is 0 Å². The Morgan fingerprint density at radius 1 is 1.44 bits per heavy atom. The average Bonchev–Trinajstić information content (AvgIpc) is 2.35. The third kappa shape index (κ3) is 4.66. The quantitative estimate of drug-likeness (QED) is 0.708. The number of hydrogen-bond donors (Lipinski definition) is 2. The number of rotatable bonds is 6. The second-order valence-electron chi connectivity index (χ2n) is 5.95. The van der Waals surface area contributed by atoms with Crippen molar-refractivity contribution in [3.05, 3.63) is 0 Å². The highest BCUT2D eigenvalue weighted by molar-refractivity contribution is 5.77. The second kappa shape index (κ2) is 6.75. The molecular weight excluding hydrogens is 226 g/mol. The molecule has 1 rings (SSSR count). The van der Waals surface area contributed by atoms with Crippen molar-refractivity contribution in [1.29, 1.82) is 5.26 Å². The van der Waals surface area contributed by atoms with Crippen LogP contribution in [0.15, 0.2) is 0 Å². The first-order valence-electron chi connectivity index (χ1n) is 6.90. The molecule has 1 amide bonds. The summed E-state index contributed by atoms with van der Waals surface area (Å²) in [5, 5.41) is 12.4. The van der Waals surface area contributed by atoms with Gasteiger partial charge in [-0.25, -0.2) is 0 Å². The Morgan fingerprint density at radius 3 is 2.72 bits per heavy atom. The van der Waals surface area contributed by atoms with Crippen molar-refractivity contribution in [2.45, 2.75) is 58.4 Å². The number of nitrogens with one attached hydrogen (secondary N) is 1. The molecule has 4 heteroatoms. The summed E-state index contributed by atoms with van der Waals surface area (Å²) in [7, 11) is 0. The van der Waals surface area contributed by atoms with Crippen molar-refractivity contribution >= 4 is 5.91 Å². The van der Waals surface area contributed by atoms with Crippen LogP contribution in [0.2, 0.25) is 0 Å². The Kier molecular flexibility index (Phi) is 5.61. The van der Waals surface area contributed by atoms with E-state index in [-0.39, 0.29) is 23.3 Å². The summed E-state index contributed by atoms with van der Waals surface area (Å²) >= 11 is 0. The molecule has 0 aromatic heterocycles. The van der Waals surface area contributed by atoms with Gasteiger partial charge < -0.3 is 11.1 Å². The molecule has 0 bridgehead atoms. The molecule has 1 fully saturated rings. The first-order chi connectivity index (χ1) is 8.46. The van der Waals surface area contributed by atoms with Crippen LogP contribution in [0.3, 0.4) is 0 Å². The maximum Gasteiger partial charge on any atom is 0.222 e. The lowest BCUT2D eigenvalue weighted by Crippen LogP contribution is -2.45. The standard InChI is InChI=1S/C14H25N3O/c1-14(2,10-15)8-5-9-17-12-7-4-3-6-11(12)13(16)18/h11-12,17H,3-9H2,1-2H3,(H2,16,18)/t11-,12+/m1/s1. The maximum absolute atomic E-state index is 11.3. The first-order valence-corrected chi connectivity index (χ1v) is 6.90. The average molecular weight is 251 g/mol. The molecule has 3 N–H and O–H groups in total. The van der Waals surface area contributed by atoms with Crippen LogP contribution in [0.5, 0.6) is 0 Å². The summed E-state index contributed by atoms with van der Waals surface area (Å²) in [6.45, 7) is 4.78. The van der Waals surface area contributed by atoms with Crippen LogP contribution in [0.25, 0.3) is 0 Å². The Bertz CT molecular complexity index is 319. The molecule has 0 radical (unpaired) electrons. The molecule has 0 aliphatic heterocycles. The summed E-state index contributed by atoms with van der Waals surface area (Å²) < 4.78 is 0. The van der Waals surface area contributed by atoms with Gasteiger partial charge in [0.2, 0.25) is 5.91 Å². The lowest BCUT2D eigenvalue weighted by atomic mass is 9.83. The topological polar surface area (TPSA) is 78.9 Å². The van der Waals surface area contributed by atoms with E-state index in [4.69, 9.17) is 11.0 Å². The number of nitrogens with two attached hydrogens (primary N) is 1. The van der Waals surface area contributed by atoms with Gasteiger partial charge in [-0.2, -0.15) is 5.26 Å². The van der Waals surface area contributed by atoms with Crippen molar-refractivity contribution in [3.8, 4) is 6.07 Å². The fourth-order valence-corrected chi connectivity index (χ4v) is 2.59. The predicted molar refractivity (Wildman–Crippen MR) is 71.6 cm³/mol. The minimum Gasteiger partial charge on any atom is -0.369 e. The number of primary amides is 1. The van der Waals surface area contributed by atoms with Gasteiger partial charge in [0.25, 0.3) is 0 Å². The molecule has 0 heterocycles. The Balaban J connectivity index is 2.29. The molecule has 102 valence electrons. The molecule has 1 aliphatic rings. The SMILES string of the molecule is CC(C)(C#N)CCCN[C@H]1CCCC[C@H]1C(N)=O. The molecule has 0 spiro atoms. The van der Waals surface area contributed by atoms with E-state index in [9.17, 15) is 4.79 Å². The van der Waals surface area contributed by atoms with Crippen LogP contribution in [-0.4, -0.2) is 18.5 Å². The molecule has 0 unspecified atom stereocenters. The smallest absolute Gasteiger partial charge is 0.222 e. The molecule has 0 aromatic rings. The summed E-state index contributed by atoms with van der Waals surface area (Å²) in [4.78, 5) is 11.3. The summed E-state index contributed by atoms with van der Waals surface area (Å²) in [6.07, 6.45) is 6.07. The highest BCUT2D eigenvalue weighted by Gasteiger charge is 2.28. The van der Waals surface area contributed by atoms with Crippen LogP contribution in [0.1, 0.15) is 52.4 Å². The van der Waals surface area contributed by atoms with E-state index in [0.29, 0.717) is 0 Å². The van der Waals surface area contributed by atoms with E-state index in [0.717, 1.165) is 38.6 Å². The third-order valence-electron chi connectivity index (χ3n) is 3.82. The van der Waals surface area contributed by atoms with Gasteiger partial charge >= 0.3 is 0 Å². The van der Waals surface area contributed by atoms with Crippen molar-refractivity contribution in [2.75, 3.05) is 6.54 Å². The molecule has 0 aromatic carbocycles. The van der Waals surface area contributed by atoms with Gasteiger partial charge in [0.15, 0.2) is 0 Å². The molecule has 18 heavy (non-hydrogen) atoms. The zero-order valence-corrected chi connectivity index (χ0v) is 11.5. The Labute approximate surface area is 110 Å². The zero-order chi connectivity index (χ0) is 13.6. The van der Waals surface area contributed by atoms with E-state index in [1.807, 2.05) is 13.8 Å². The first kappa shape index (κ1) is 15.0. The second-order valence-corrected chi connectivity index (χ2v) is 5.95. The van der Waals surface area contributed by atoms with Crippen molar-refractivity contribution in [3.63, 3.8) is 0 Å². The fraction of sp³-hybridized carbons (Fsp3) is 0.857. The van der Waals surface area contributed by atoms with Crippen molar-refractivity contribution < 1.29 is 4.79 Å². The number of hydrogen-bond acceptors (Lipinski definition) is 3. The van der Waals surface area contributed by atoms with Crippen LogP contribution in [0.4, 0.5) is 0 Å². The molecular formula is C14H25N3O. The Morgan fingerprint density at radius 2 is 2.11 bits per heavy atom. The summed E-state index contributed by atoms with van der Waals surface area (Å²) in [6, 6.07) is 2.54. The van der Waals surface area contributed by atoms with E-state index < -0.39 is 0 Å². The number of carbonyl (C=O) groups is 1. The summed E-state index contributed by atoms with van der Waals surface area (Å²) in [5.41, 5.74) is 5.18. The highest BCUT2D eigenvalue weighted by Crippen LogP contribution is 2.25. The molecule has 2 atom stereocenters. The minimum atomic E-state index is -0.253. The van der Waals surface area contributed by atoms with Crippen molar-refractivity contribution in [2.24, 2.45) is 17.1 Å². The van der Waals surface area contributed by atoms with Gasteiger partial charge in [-0.05, 0) is 46.1 Å². The van der Waals surface area contributed by atoms with Crippen molar-refractivity contribution in [1.82, 2.24) is 5.32 Å². The monoisotopic (exact) mass is 251 g/mol. The lowest BCUT2D eigenvalue weighted by Gasteiger charge is -2.30. The lowest BCUT2D eigenvalue weighted by molar-refractivity contribution is -0.123. The third-order valence-corrected chi connectivity index (χ3v) is 3.82. The van der Waals surface area contributed by atoms with E-state index in [2.05, 4.69) is 11.4 Å². The molecule has 0 saturated heterocycles. The van der Waals surface area contributed by atoms with Crippen LogP contribution < -0.4 is 11.1 Å². The fourth-order valence-electron chi connectivity index (χ4n) is 2.59. The van der Waals surface area contributed by atoms with Crippen LogP contribution in [-0.2, 0) is 4.79 Å². The van der Waals surface area contributed by atoms with Gasteiger partial charge in [-0.3, -0.25) is 4.79 Å². The number of nitrogens with zero attached hydrogens (tertiary/aromatic N) is 1. The normalized spacial score (nSPS) is 24.5. The highest BCUT2D eigenvalue weighted by atomic mass is 16.1. The van der Waals surface area contributed by atoms with Gasteiger partial charge in [-0.1, -0.05) is 12.8 Å². The van der Waals surface area contributed by atoms with Crippen LogP contribution in [0, 0.1) is 22.7 Å². The van der Waals surface area contributed by atoms with E-state index in [1.54, 1.807) is 0 Å². The maximum atomic E-state index is 11.3. The molecule has 1 saturated carbocycles. The van der Waals surface area contributed by atoms with Crippen LogP contribution >= 0.6 is 0 Å². The number of carbonyl (C=O) groups excluding carboxylic acids is 1. The van der Waals surface area contributed by atoms with Gasteiger partial charge in [-0.15, -0.1) is 0 Å². The van der Waals surface area contributed by atoms with Gasteiger partial charge in [0.1, 0.15) is 0 Å². The minimum absolute atomic E-state index is 0.0114. The van der Waals surface area contributed by atoms with E-state index in [1.165, 1.54) is 6.42 Å².